The summed E-state index contributed by atoms with van der Waals surface area (Å²) in [4.78, 5) is 11.9. The third-order valence-corrected chi connectivity index (χ3v) is 2.82. The first-order valence-corrected chi connectivity index (χ1v) is 6.20. The molecule has 0 fully saturated rings. The number of nitrogens with two attached hydrogens (primary N) is 1. The van der Waals surface area contributed by atoms with Gasteiger partial charge in [0.25, 0.3) is 0 Å². The van der Waals surface area contributed by atoms with E-state index in [1.807, 2.05) is 6.92 Å². The molecule has 0 radical (unpaired) electrons. The predicted molar refractivity (Wildman–Crippen MR) is 75.2 cm³/mol. The molecule has 0 unspecified atom stereocenters. The van der Waals surface area contributed by atoms with Crippen LogP contribution in [0.25, 0.3) is 0 Å². The summed E-state index contributed by atoms with van der Waals surface area (Å²) in [5, 5.41) is 3.85. The van der Waals surface area contributed by atoms with Gasteiger partial charge in [-0.3, -0.25) is 0 Å². The van der Waals surface area contributed by atoms with Crippen molar-refractivity contribution in [2.45, 2.75) is 6.92 Å². The van der Waals surface area contributed by atoms with Gasteiger partial charge in [-0.05, 0) is 25.1 Å². The monoisotopic (exact) mass is 299 g/mol. The maximum Gasteiger partial charge on any atom is 0.323 e. The summed E-state index contributed by atoms with van der Waals surface area (Å²) in [6.45, 7) is 2.27. The first-order chi connectivity index (χ1) is 9.08. The Morgan fingerprint density at radius 3 is 2.68 bits per heavy atom. The summed E-state index contributed by atoms with van der Waals surface area (Å²) in [5.41, 5.74) is 6.25. The van der Waals surface area contributed by atoms with E-state index in [1.54, 1.807) is 18.2 Å². The normalized spacial score (nSPS) is 10.3. The molecule has 100 valence electrons. The van der Waals surface area contributed by atoms with Gasteiger partial charge in [-0.25, -0.2) is 0 Å². The molecule has 19 heavy (non-hydrogen) atoms. The molecule has 0 amide bonds. The zero-order chi connectivity index (χ0) is 13.8. The maximum atomic E-state index is 5.92. The van der Waals surface area contributed by atoms with Crippen LogP contribution in [-0.4, -0.2) is 21.6 Å². The Kier molecular flexibility index (Phi) is 4.24. The van der Waals surface area contributed by atoms with Gasteiger partial charge in [0.15, 0.2) is 0 Å². The summed E-state index contributed by atoms with van der Waals surface area (Å²) in [6.07, 6.45) is 0. The fraction of sp³-hybridized carbons (Fsp3) is 0.182. The van der Waals surface area contributed by atoms with E-state index in [0.29, 0.717) is 22.3 Å². The van der Waals surface area contributed by atoms with Crippen LogP contribution in [0.2, 0.25) is 10.0 Å². The number of hydrogen-bond acceptors (Lipinski definition) is 6. The van der Waals surface area contributed by atoms with E-state index in [4.69, 9.17) is 33.7 Å². The number of halogens is 2. The van der Waals surface area contributed by atoms with Gasteiger partial charge in [-0.2, -0.15) is 15.0 Å². The molecule has 0 aliphatic rings. The summed E-state index contributed by atoms with van der Waals surface area (Å²) >= 11 is 11.8. The molecule has 0 aliphatic carbocycles. The summed E-state index contributed by atoms with van der Waals surface area (Å²) < 4.78 is 5.18. The average molecular weight is 300 g/mol. The van der Waals surface area contributed by atoms with E-state index < -0.39 is 0 Å². The zero-order valence-corrected chi connectivity index (χ0v) is 11.5. The lowest BCUT2D eigenvalue weighted by Crippen LogP contribution is -2.06. The second-order valence-electron chi connectivity index (χ2n) is 3.49. The highest BCUT2D eigenvalue weighted by Crippen LogP contribution is 2.26. The van der Waals surface area contributed by atoms with Crippen molar-refractivity contribution in [3.05, 3.63) is 28.2 Å². The van der Waals surface area contributed by atoms with Crippen molar-refractivity contribution in [3.63, 3.8) is 0 Å². The van der Waals surface area contributed by atoms with Gasteiger partial charge in [0.2, 0.25) is 11.9 Å². The molecule has 0 atom stereocenters. The van der Waals surface area contributed by atoms with Gasteiger partial charge in [0, 0.05) is 5.69 Å². The Labute approximate surface area is 119 Å². The summed E-state index contributed by atoms with van der Waals surface area (Å²) in [7, 11) is 0. The highest BCUT2D eigenvalue weighted by Gasteiger charge is 2.06. The minimum absolute atomic E-state index is 0.0704. The number of ether oxygens (including phenoxy) is 1. The Morgan fingerprint density at radius 2 is 2.00 bits per heavy atom. The first-order valence-electron chi connectivity index (χ1n) is 5.45. The average Bonchev–Trinajstić information content (AvgIpc) is 2.33. The number of hydrogen-bond donors (Lipinski definition) is 2. The summed E-state index contributed by atoms with van der Waals surface area (Å²) in [6, 6.07) is 5.23. The molecule has 6 nitrogen and oxygen atoms in total. The molecule has 0 bridgehead atoms. The molecule has 8 heteroatoms. The Bertz CT molecular complexity index is 593. The van der Waals surface area contributed by atoms with E-state index in [1.165, 1.54) is 0 Å². The van der Waals surface area contributed by atoms with Gasteiger partial charge < -0.3 is 15.8 Å². The van der Waals surface area contributed by atoms with Crippen molar-refractivity contribution in [1.29, 1.82) is 0 Å². The fourth-order valence-corrected chi connectivity index (χ4v) is 1.62. The Hall–Kier alpha value is -1.79. The molecule has 2 rings (SSSR count). The van der Waals surface area contributed by atoms with Crippen molar-refractivity contribution >= 4 is 40.8 Å². The van der Waals surface area contributed by atoms with E-state index in [2.05, 4.69) is 20.3 Å². The van der Waals surface area contributed by atoms with Crippen LogP contribution in [0.3, 0.4) is 0 Å². The molecule has 1 aromatic heterocycles. The number of benzene rings is 1. The number of nitrogen functional groups attached to an aromatic ring is 1. The molecule has 0 saturated carbocycles. The first kappa shape index (κ1) is 13.6. The fourth-order valence-electron chi connectivity index (χ4n) is 1.32. The number of nitrogens with zero attached hydrogens (tertiary/aromatic N) is 3. The van der Waals surface area contributed by atoms with Crippen LogP contribution in [0.1, 0.15) is 6.92 Å². The molecule has 1 aromatic carbocycles. The molecule has 3 N–H and O–H groups in total. The standard InChI is InChI=1S/C11H11Cl2N5O/c1-2-19-11-17-9(14)16-10(18-11)15-6-3-4-7(12)8(13)5-6/h3-5H,2H2,1H3,(H3,14,15,16,17,18). The van der Waals surface area contributed by atoms with E-state index in [-0.39, 0.29) is 17.9 Å². The van der Waals surface area contributed by atoms with Gasteiger partial charge >= 0.3 is 6.01 Å². The highest BCUT2D eigenvalue weighted by molar-refractivity contribution is 6.42. The number of rotatable bonds is 4. The molecule has 2 aromatic rings. The minimum Gasteiger partial charge on any atom is -0.464 e. The van der Waals surface area contributed by atoms with Crippen molar-refractivity contribution in [2.24, 2.45) is 0 Å². The smallest absolute Gasteiger partial charge is 0.323 e. The van der Waals surface area contributed by atoms with Gasteiger partial charge in [0.1, 0.15) is 0 Å². The lowest BCUT2D eigenvalue weighted by molar-refractivity contribution is 0.312. The van der Waals surface area contributed by atoms with Crippen LogP contribution in [0, 0.1) is 0 Å². The third-order valence-electron chi connectivity index (χ3n) is 2.08. The molecular weight excluding hydrogens is 289 g/mol. The molecular formula is C11H11Cl2N5O. The van der Waals surface area contributed by atoms with Crippen molar-refractivity contribution < 1.29 is 4.74 Å². The SMILES string of the molecule is CCOc1nc(N)nc(Nc2ccc(Cl)c(Cl)c2)n1. The second kappa shape index (κ2) is 5.90. The lowest BCUT2D eigenvalue weighted by Gasteiger charge is -2.08. The minimum atomic E-state index is 0.0704. The Morgan fingerprint density at radius 1 is 1.21 bits per heavy atom. The third kappa shape index (κ3) is 3.59. The van der Waals surface area contributed by atoms with Crippen LogP contribution in [0.5, 0.6) is 6.01 Å². The van der Waals surface area contributed by atoms with Crippen LogP contribution in [-0.2, 0) is 0 Å². The highest BCUT2D eigenvalue weighted by atomic mass is 35.5. The second-order valence-corrected chi connectivity index (χ2v) is 4.30. The van der Waals surface area contributed by atoms with E-state index in [9.17, 15) is 0 Å². The van der Waals surface area contributed by atoms with E-state index in [0.717, 1.165) is 0 Å². The van der Waals surface area contributed by atoms with E-state index >= 15 is 0 Å². The molecule has 0 saturated heterocycles. The quantitative estimate of drug-likeness (QED) is 0.903. The molecule has 0 aliphatic heterocycles. The van der Waals surface area contributed by atoms with Gasteiger partial charge in [-0.15, -0.1) is 0 Å². The van der Waals surface area contributed by atoms with Crippen LogP contribution >= 0.6 is 23.2 Å². The van der Waals surface area contributed by atoms with Gasteiger partial charge in [-0.1, -0.05) is 23.2 Å². The topological polar surface area (TPSA) is 86.0 Å². The predicted octanol–water partition coefficient (Wildman–Crippen LogP) is 2.90. The lowest BCUT2D eigenvalue weighted by atomic mass is 10.3. The van der Waals surface area contributed by atoms with Crippen molar-refractivity contribution in [1.82, 2.24) is 15.0 Å². The maximum absolute atomic E-state index is 5.92. The number of nitrogens with one attached hydrogen (secondary N) is 1. The van der Waals surface area contributed by atoms with Crippen LogP contribution in [0.15, 0.2) is 18.2 Å². The number of anilines is 3. The molecule has 0 spiro atoms. The Balaban J connectivity index is 2.24. The zero-order valence-electron chi connectivity index (χ0n) is 10.0. The van der Waals surface area contributed by atoms with Gasteiger partial charge in [0.05, 0.1) is 16.7 Å². The van der Waals surface area contributed by atoms with Crippen LogP contribution < -0.4 is 15.8 Å². The summed E-state index contributed by atoms with van der Waals surface area (Å²) in [5.74, 6) is 0.343. The number of aromatic nitrogens is 3. The molecule has 1 heterocycles. The largest absolute Gasteiger partial charge is 0.464 e. The van der Waals surface area contributed by atoms with Crippen molar-refractivity contribution in [2.75, 3.05) is 17.7 Å². The van der Waals surface area contributed by atoms with Crippen LogP contribution in [0.4, 0.5) is 17.6 Å². The van der Waals surface area contributed by atoms with Crippen molar-refractivity contribution in [3.8, 4) is 6.01 Å².